The van der Waals surface area contributed by atoms with Crippen LogP contribution in [0.3, 0.4) is 0 Å². The van der Waals surface area contributed by atoms with Crippen LogP contribution in [0, 0.1) is 0 Å². The molecule has 0 radical (unpaired) electrons. The van der Waals surface area contributed by atoms with Gasteiger partial charge < -0.3 is 5.32 Å². The van der Waals surface area contributed by atoms with Crippen LogP contribution in [0.25, 0.3) is 0 Å². The molecule has 0 saturated carbocycles. The second-order valence-electron chi connectivity index (χ2n) is 4.61. The molecule has 0 spiro atoms. The summed E-state index contributed by atoms with van der Waals surface area (Å²) >= 11 is 1.59. The summed E-state index contributed by atoms with van der Waals surface area (Å²) in [7, 11) is 0. The van der Waals surface area contributed by atoms with Gasteiger partial charge in [0.1, 0.15) is 6.29 Å². The van der Waals surface area contributed by atoms with E-state index in [0.717, 1.165) is 24.0 Å². The number of aryl methyl sites for hydroxylation is 2. The predicted molar refractivity (Wildman–Crippen MR) is 76.1 cm³/mol. The average molecular weight is 271 g/mol. The molecule has 3 rings (SSSR count). The molecule has 1 aromatic heterocycles. The van der Waals surface area contributed by atoms with E-state index in [1.54, 1.807) is 35.6 Å². The lowest BCUT2D eigenvalue weighted by Gasteiger charge is -2.03. The first-order chi connectivity index (χ1) is 9.26. The molecule has 1 aliphatic carbocycles. The van der Waals surface area contributed by atoms with E-state index < -0.39 is 0 Å². The summed E-state index contributed by atoms with van der Waals surface area (Å²) in [4.78, 5) is 24.8. The smallest absolute Gasteiger partial charge is 0.265 e. The van der Waals surface area contributed by atoms with Crippen LogP contribution in [0.2, 0.25) is 0 Å². The number of hydrogen-bond acceptors (Lipinski definition) is 3. The molecule has 1 heterocycles. The zero-order chi connectivity index (χ0) is 13.2. The number of amides is 1. The number of benzene rings is 1. The minimum atomic E-state index is -0.0711. The van der Waals surface area contributed by atoms with Gasteiger partial charge in [0.2, 0.25) is 0 Å². The first-order valence-corrected chi connectivity index (χ1v) is 7.06. The maximum Gasteiger partial charge on any atom is 0.265 e. The van der Waals surface area contributed by atoms with Crippen LogP contribution in [0.5, 0.6) is 0 Å². The van der Waals surface area contributed by atoms with Crippen molar-refractivity contribution in [3.8, 4) is 0 Å². The molecule has 1 aliphatic rings. The summed E-state index contributed by atoms with van der Waals surface area (Å²) in [5.41, 5.74) is 2.64. The highest BCUT2D eigenvalue weighted by molar-refractivity contribution is 7.14. The van der Waals surface area contributed by atoms with Crippen molar-refractivity contribution in [3.63, 3.8) is 0 Å². The molecule has 2 aromatic rings. The number of fused-ring (bicyclic) bond motifs is 1. The van der Waals surface area contributed by atoms with Crippen molar-refractivity contribution in [1.82, 2.24) is 0 Å². The topological polar surface area (TPSA) is 46.2 Å². The van der Waals surface area contributed by atoms with Crippen LogP contribution in [0.1, 0.15) is 36.9 Å². The Morgan fingerprint density at radius 2 is 2.00 bits per heavy atom. The Morgan fingerprint density at radius 1 is 1.21 bits per heavy atom. The third-order valence-electron chi connectivity index (χ3n) is 3.28. The van der Waals surface area contributed by atoms with Crippen LogP contribution in [-0.4, -0.2) is 12.2 Å². The number of thiophene rings is 1. The van der Waals surface area contributed by atoms with E-state index in [-0.39, 0.29) is 5.91 Å². The molecule has 0 saturated heterocycles. The fraction of sp³-hybridized carbons (Fsp3) is 0.200. The molecule has 0 fully saturated rings. The second-order valence-corrected chi connectivity index (χ2v) is 5.74. The van der Waals surface area contributed by atoms with Gasteiger partial charge in [0, 0.05) is 16.1 Å². The summed E-state index contributed by atoms with van der Waals surface area (Å²) in [6.07, 6.45) is 4.18. The van der Waals surface area contributed by atoms with Gasteiger partial charge in [-0.2, -0.15) is 0 Å². The van der Waals surface area contributed by atoms with Gasteiger partial charge in [0.05, 0.1) is 4.88 Å². The summed E-state index contributed by atoms with van der Waals surface area (Å²) in [5, 5.41) is 2.85. The summed E-state index contributed by atoms with van der Waals surface area (Å²) in [6, 6.07) is 8.86. The van der Waals surface area contributed by atoms with Gasteiger partial charge in [-0.1, -0.05) is 0 Å². The second kappa shape index (κ2) is 4.97. The first kappa shape index (κ1) is 12.1. The molecule has 0 atom stereocenters. The maximum absolute atomic E-state index is 12.1. The summed E-state index contributed by atoms with van der Waals surface area (Å²) in [5.74, 6) is -0.0711. The SMILES string of the molecule is O=Cc1ccc(NC(=O)c2cc3c(s2)CCC3)cc1. The van der Waals surface area contributed by atoms with Crippen LogP contribution >= 0.6 is 11.3 Å². The van der Waals surface area contributed by atoms with Gasteiger partial charge in [0.25, 0.3) is 5.91 Å². The zero-order valence-electron chi connectivity index (χ0n) is 10.3. The molecule has 0 bridgehead atoms. The lowest BCUT2D eigenvalue weighted by molar-refractivity contribution is 0.103. The molecule has 1 aromatic carbocycles. The Labute approximate surface area is 115 Å². The Hall–Kier alpha value is -1.94. The van der Waals surface area contributed by atoms with Gasteiger partial charge in [-0.05, 0) is 55.2 Å². The van der Waals surface area contributed by atoms with Crippen molar-refractivity contribution in [3.05, 3.63) is 51.2 Å². The first-order valence-electron chi connectivity index (χ1n) is 6.24. The number of anilines is 1. The van der Waals surface area contributed by atoms with E-state index in [0.29, 0.717) is 11.3 Å². The number of carbonyl (C=O) groups excluding carboxylic acids is 2. The standard InChI is InChI=1S/C15H13NO2S/c17-9-10-4-6-12(7-5-10)16-15(18)14-8-11-2-1-3-13(11)19-14/h4-9H,1-3H2,(H,16,18). The summed E-state index contributed by atoms with van der Waals surface area (Å²) < 4.78 is 0. The van der Waals surface area contributed by atoms with Gasteiger partial charge in [0.15, 0.2) is 0 Å². The number of nitrogens with one attached hydrogen (secondary N) is 1. The van der Waals surface area contributed by atoms with Crippen LogP contribution < -0.4 is 5.32 Å². The van der Waals surface area contributed by atoms with Gasteiger partial charge in [-0.3, -0.25) is 9.59 Å². The number of rotatable bonds is 3. The highest BCUT2D eigenvalue weighted by Crippen LogP contribution is 2.30. The normalized spacial score (nSPS) is 13.1. The minimum Gasteiger partial charge on any atom is -0.321 e. The molecule has 19 heavy (non-hydrogen) atoms. The Balaban J connectivity index is 1.74. The summed E-state index contributed by atoms with van der Waals surface area (Å²) in [6.45, 7) is 0. The zero-order valence-corrected chi connectivity index (χ0v) is 11.1. The van der Waals surface area contributed by atoms with Gasteiger partial charge in [-0.25, -0.2) is 0 Å². The Bertz CT molecular complexity index is 607. The van der Waals surface area contributed by atoms with Crippen molar-refractivity contribution < 1.29 is 9.59 Å². The highest BCUT2D eigenvalue weighted by atomic mass is 32.1. The molecule has 96 valence electrons. The van der Waals surface area contributed by atoms with E-state index in [1.807, 2.05) is 6.07 Å². The predicted octanol–water partition coefficient (Wildman–Crippen LogP) is 3.30. The third kappa shape index (κ3) is 2.44. The van der Waals surface area contributed by atoms with Gasteiger partial charge in [-0.15, -0.1) is 11.3 Å². The van der Waals surface area contributed by atoms with Gasteiger partial charge >= 0.3 is 0 Å². The number of hydrogen-bond donors (Lipinski definition) is 1. The van der Waals surface area contributed by atoms with Crippen LogP contribution in [0.4, 0.5) is 5.69 Å². The third-order valence-corrected chi connectivity index (χ3v) is 4.51. The fourth-order valence-corrected chi connectivity index (χ4v) is 3.43. The monoisotopic (exact) mass is 271 g/mol. The molecule has 1 N–H and O–H groups in total. The van der Waals surface area contributed by atoms with E-state index >= 15 is 0 Å². The van der Waals surface area contributed by atoms with Crippen LogP contribution in [0.15, 0.2) is 30.3 Å². The average Bonchev–Trinajstić information content (AvgIpc) is 3.00. The van der Waals surface area contributed by atoms with E-state index in [2.05, 4.69) is 5.32 Å². The molecule has 0 unspecified atom stereocenters. The van der Waals surface area contributed by atoms with Crippen molar-refractivity contribution in [2.24, 2.45) is 0 Å². The van der Waals surface area contributed by atoms with Crippen LogP contribution in [-0.2, 0) is 12.8 Å². The number of aldehydes is 1. The lowest BCUT2D eigenvalue weighted by atomic mass is 10.2. The van der Waals surface area contributed by atoms with Crippen molar-refractivity contribution >= 4 is 29.2 Å². The quantitative estimate of drug-likeness (QED) is 0.871. The Morgan fingerprint density at radius 3 is 2.68 bits per heavy atom. The van der Waals surface area contributed by atoms with E-state index in [1.165, 1.54) is 16.9 Å². The molecule has 3 nitrogen and oxygen atoms in total. The Kier molecular flexibility index (Phi) is 3.17. The number of carbonyl (C=O) groups is 2. The highest BCUT2D eigenvalue weighted by Gasteiger charge is 2.18. The molecular formula is C15H13NO2S. The minimum absolute atomic E-state index is 0.0711. The largest absolute Gasteiger partial charge is 0.321 e. The molecule has 4 heteroatoms. The molecular weight excluding hydrogens is 258 g/mol. The van der Waals surface area contributed by atoms with Crippen molar-refractivity contribution in [2.75, 3.05) is 5.32 Å². The molecule has 0 aliphatic heterocycles. The fourth-order valence-electron chi connectivity index (χ4n) is 2.28. The van der Waals surface area contributed by atoms with Crippen molar-refractivity contribution in [1.29, 1.82) is 0 Å². The van der Waals surface area contributed by atoms with E-state index in [4.69, 9.17) is 0 Å². The molecule has 1 amide bonds. The van der Waals surface area contributed by atoms with E-state index in [9.17, 15) is 9.59 Å². The lowest BCUT2D eigenvalue weighted by Crippen LogP contribution is -2.10. The maximum atomic E-state index is 12.1. The van der Waals surface area contributed by atoms with Crippen molar-refractivity contribution in [2.45, 2.75) is 19.3 Å².